The fourth-order valence-electron chi connectivity index (χ4n) is 4.29. The van der Waals surface area contributed by atoms with Crippen LogP contribution < -0.4 is 14.8 Å². The Kier molecular flexibility index (Phi) is 7.26. The number of hydrogen-bond acceptors (Lipinski definition) is 4. The normalized spacial score (nSPS) is 14.5. The van der Waals surface area contributed by atoms with Gasteiger partial charge >= 0.3 is 0 Å². The molecule has 5 heteroatoms. The standard InChI is InChI=1S/C28H28N2O3/c1-32-27-17-20(16-23(18-29)28(31)30-24-11-3-2-4-12-24)14-15-26(27)33-19-22-10-7-9-21-8-5-6-13-25(21)22/h5-10,13-17,24H,2-4,11-12,19H2,1H3,(H,30,31)/b23-16+. The van der Waals surface area contributed by atoms with E-state index in [0.717, 1.165) is 36.6 Å². The zero-order valence-corrected chi connectivity index (χ0v) is 18.8. The van der Waals surface area contributed by atoms with Crippen molar-refractivity contribution < 1.29 is 14.3 Å². The fourth-order valence-corrected chi connectivity index (χ4v) is 4.29. The third kappa shape index (κ3) is 5.53. The van der Waals surface area contributed by atoms with Crippen molar-refractivity contribution in [2.24, 2.45) is 0 Å². The SMILES string of the molecule is COc1cc(/C=C(\C#N)C(=O)NC2CCCCC2)ccc1OCc1cccc2ccccc12. The fraction of sp³-hybridized carbons (Fsp3) is 0.286. The molecule has 4 rings (SSSR count). The zero-order chi connectivity index (χ0) is 23.0. The maximum atomic E-state index is 12.6. The number of amides is 1. The van der Waals surface area contributed by atoms with E-state index >= 15 is 0 Å². The molecular weight excluding hydrogens is 412 g/mol. The first-order valence-electron chi connectivity index (χ1n) is 11.4. The maximum Gasteiger partial charge on any atom is 0.262 e. The Bertz CT molecular complexity index is 1200. The highest BCUT2D eigenvalue weighted by Gasteiger charge is 2.18. The summed E-state index contributed by atoms with van der Waals surface area (Å²) < 4.78 is 11.6. The van der Waals surface area contributed by atoms with Crippen LogP contribution in [0.5, 0.6) is 11.5 Å². The van der Waals surface area contributed by atoms with E-state index in [-0.39, 0.29) is 17.5 Å². The number of ether oxygens (including phenoxy) is 2. The number of benzene rings is 3. The quantitative estimate of drug-likeness (QED) is 0.373. The van der Waals surface area contributed by atoms with Gasteiger partial charge in [0.25, 0.3) is 5.91 Å². The van der Waals surface area contributed by atoms with Crippen LogP contribution in [-0.4, -0.2) is 19.1 Å². The van der Waals surface area contributed by atoms with Gasteiger partial charge in [-0.15, -0.1) is 0 Å². The van der Waals surface area contributed by atoms with Crippen molar-refractivity contribution in [1.82, 2.24) is 5.32 Å². The van der Waals surface area contributed by atoms with E-state index in [0.29, 0.717) is 23.7 Å². The van der Waals surface area contributed by atoms with Crippen molar-refractivity contribution >= 4 is 22.8 Å². The summed E-state index contributed by atoms with van der Waals surface area (Å²) >= 11 is 0. The number of carbonyl (C=O) groups excluding carboxylic acids is 1. The predicted octanol–water partition coefficient (Wildman–Crippen LogP) is 5.78. The first kappa shape index (κ1) is 22.4. The summed E-state index contributed by atoms with van der Waals surface area (Å²) in [6.07, 6.45) is 6.99. The average molecular weight is 441 g/mol. The third-order valence-electron chi connectivity index (χ3n) is 6.07. The number of nitrogens with one attached hydrogen (secondary N) is 1. The van der Waals surface area contributed by atoms with E-state index in [2.05, 4.69) is 29.6 Å². The molecule has 0 bridgehead atoms. The molecule has 0 aliphatic heterocycles. The van der Waals surface area contributed by atoms with Crippen LogP contribution in [0, 0.1) is 11.3 Å². The molecule has 0 aromatic heterocycles. The topological polar surface area (TPSA) is 71.3 Å². The van der Waals surface area contributed by atoms with Crippen molar-refractivity contribution in [3.05, 3.63) is 77.4 Å². The van der Waals surface area contributed by atoms with Crippen LogP contribution in [0.2, 0.25) is 0 Å². The molecule has 0 radical (unpaired) electrons. The van der Waals surface area contributed by atoms with Crippen LogP contribution in [0.1, 0.15) is 43.2 Å². The molecule has 1 amide bonds. The Hall–Kier alpha value is -3.78. The molecule has 1 aliphatic carbocycles. The Morgan fingerprint density at radius 3 is 2.64 bits per heavy atom. The largest absolute Gasteiger partial charge is 0.493 e. The summed E-state index contributed by atoms with van der Waals surface area (Å²) in [5.41, 5.74) is 1.89. The van der Waals surface area contributed by atoms with Gasteiger partial charge in [0.1, 0.15) is 18.2 Å². The van der Waals surface area contributed by atoms with Crippen LogP contribution in [0.3, 0.4) is 0 Å². The third-order valence-corrected chi connectivity index (χ3v) is 6.07. The molecule has 0 spiro atoms. The second kappa shape index (κ2) is 10.7. The molecular formula is C28H28N2O3. The molecule has 5 nitrogen and oxygen atoms in total. The Morgan fingerprint density at radius 2 is 1.85 bits per heavy atom. The molecule has 33 heavy (non-hydrogen) atoms. The molecule has 0 unspecified atom stereocenters. The minimum atomic E-state index is -0.320. The van der Waals surface area contributed by atoms with Crippen LogP contribution >= 0.6 is 0 Å². The first-order chi connectivity index (χ1) is 16.2. The monoisotopic (exact) mass is 440 g/mol. The van der Waals surface area contributed by atoms with Gasteiger partial charge in [-0.25, -0.2) is 0 Å². The number of methoxy groups -OCH3 is 1. The van der Waals surface area contributed by atoms with Crippen LogP contribution in [0.4, 0.5) is 0 Å². The van der Waals surface area contributed by atoms with Gasteiger partial charge in [-0.1, -0.05) is 67.8 Å². The van der Waals surface area contributed by atoms with Gasteiger partial charge in [0.2, 0.25) is 0 Å². The highest BCUT2D eigenvalue weighted by Crippen LogP contribution is 2.30. The van der Waals surface area contributed by atoms with Crippen molar-refractivity contribution in [3.63, 3.8) is 0 Å². The molecule has 3 aromatic carbocycles. The molecule has 168 valence electrons. The lowest BCUT2D eigenvalue weighted by Gasteiger charge is -2.22. The summed E-state index contributed by atoms with van der Waals surface area (Å²) in [7, 11) is 1.58. The van der Waals surface area contributed by atoms with E-state index in [9.17, 15) is 10.1 Å². The lowest BCUT2D eigenvalue weighted by Crippen LogP contribution is -2.36. The Balaban J connectivity index is 1.48. The van der Waals surface area contributed by atoms with Gasteiger partial charge in [-0.05, 0) is 52.9 Å². The number of fused-ring (bicyclic) bond motifs is 1. The molecule has 0 atom stereocenters. The second-order valence-electron chi connectivity index (χ2n) is 8.32. The predicted molar refractivity (Wildman–Crippen MR) is 130 cm³/mol. The van der Waals surface area contributed by atoms with Crippen molar-refractivity contribution in [2.75, 3.05) is 7.11 Å². The van der Waals surface area contributed by atoms with Crippen LogP contribution in [0.25, 0.3) is 16.8 Å². The first-order valence-corrected chi connectivity index (χ1v) is 11.4. The van der Waals surface area contributed by atoms with Crippen molar-refractivity contribution in [3.8, 4) is 17.6 Å². The summed E-state index contributed by atoms with van der Waals surface area (Å²) in [4.78, 5) is 12.6. The summed E-state index contributed by atoms with van der Waals surface area (Å²) in [6, 6.07) is 22.0. The zero-order valence-electron chi connectivity index (χ0n) is 18.8. The minimum Gasteiger partial charge on any atom is -0.493 e. The van der Waals surface area contributed by atoms with E-state index < -0.39 is 0 Å². The average Bonchev–Trinajstić information content (AvgIpc) is 2.86. The second-order valence-corrected chi connectivity index (χ2v) is 8.32. The van der Waals surface area contributed by atoms with Crippen LogP contribution in [0.15, 0.2) is 66.2 Å². The molecule has 1 fully saturated rings. The number of hydrogen-bond donors (Lipinski definition) is 1. The molecule has 0 heterocycles. The van der Waals surface area contributed by atoms with Gasteiger partial charge in [-0.3, -0.25) is 4.79 Å². The van der Waals surface area contributed by atoms with E-state index in [1.165, 1.54) is 11.8 Å². The van der Waals surface area contributed by atoms with E-state index in [1.54, 1.807) is 19.3 Å². The van der Waals surface area contributed by atoms with Crippen LogP contribution in [-0.2, 0) is 11.4 Å². The smallest absolute Gasteiger partial charge is 0.262 e. The van der Waals surface area contributed by atoms with Gasteiger partial charge in [0.15, 0.2) is 11.5 Å². The summed E-state index contributed by atoms with van der Waals surface area (Å²) in [6.45, 7) is 0.403. The lowest BCUT2D eigenvalue weighted by atomic mass is 9.95. The van der Waals surface area contributed by atoms with Crippen molar-refractivity contribution in [1.29, 1.82) is 5.26 Å². The number of carbonyl (C=O) groups is 1. The lowest BCUT2D eigenvalue weighted by molar-refractivity contribution is -0.117. The Morgan fingerprint density at radius 1 is 1.06 bits per heavy atom. The van der Waals surface area contributed by atoms with Crippen molar-refractivity contribution in [2.45, 2.75) is 44.8 Å². The number of nitrogens with zero attached hydrogens (tertiary/aromatic N) is 1. The minimum absolute atomic E-state index is 0.0899. The maximum absolute atomic E-state index is 12.6. The summed E-state index contributed by atoms with van der Waals surface area (Å²) in [5.74, 6) is 0.835. The van der Waals surface area contributed by atoms with Gasteiger partial charge in [0.05, 0.1) is 7.11 Å². The molecule has 1 aliphatic rings. The van der Waals surface area contributed by atoms with Gasteiger partial charge < -0.3 is 14.8 Å². The molecule has 1 saturated carbocycles. The molecule has 3 aromatic rings. The van der Waals surface area contributed by atoms with E-state index in [4.69, 9.17) is 9.47 Å². The summed E-state index contributed by atoms with van der Waals surface area (Å²) in [5, 5.41) is 14.8. The highest BCUT2D eigenvalue weighted by atomic mass is 16.5. The van der Waals surface area contributed by atoms with Gasteiger partial charge in [-0.2, -0.15) is 5.26 Å². The number of nitriles is 1. The highest BCUT2D eigenvalue weighted by molar-refractivity contribution is 6.01. The Labute approximate surface area is 194 Å². The van der Waals surface area contributed by atoms with Gasteiger partial charge in [0, 0.05) is 6.04 Å². The molecule has 1 N–H and O–H groups in total. The number of rotatable bonds is 7. The van der Waals surface area contributed by atoms with E-state index in [1.807, 2.05) is 36.4 Å². The molecule has 0 saturated heterocycles.